The molecule has 0 spiro atoms. The molecule has 1 aliphatic heterocycles. The summed E-state index contributed by atoms with van der Waals surface area (Å²) in [5, 5.41) is 4.69. The van der Waals surface area contributed by atoms with Crippen molar-refractivity contribution in [2.75, 3.05) is 18.0 Å². The smallest absolute Gasteiger partial charge is 0.186 e. The molecule has 1 aromatic rings. The maximum atomic E-state index is 5.01. The lowest BCUT2D eigenvalue weighted by Crippen LogP contribution is -2.45. The van der Waals surface area contributed by atoms with Crippen molar-refractivity contribution in [2.24, 2.45) is 11.8 Å². The second kappa shape index (κ2) is 7.10. The van der Waals surface area contributed by atoms with Crippen molar-refractivity contribution < 1.29 is 0 Å². The molecule has 3 atom stereocenters. The van der Waals surface area contributed by atoms with Crippen LogP contribution < -0.4 is 10.2 Å². The van der Waals surface area contributed by atoms with Crippen LogP contribution in [-0.4, -0.2) is 24.1 Å². The highest BCUT2D eigenvalue weighted by Crippen LogP contribution is 2.36. The lowest BCUT2D eigenvalue weighted by molar-refractivity contribution is 0.296. The number of piperidine rings is 1. The van der Waals surface area contributed by atoms with Crippen molar-refractivity contribution in [3.05, 3.63) is 10.6 Å². The summed E-state index contributed by atoms with van der Waals surface area (Å²) in [5.74, 6) is 2.01. The highest BCUT2D eigenvalue weighted by molar-refractivity contribution is 7.15. The van der Waals surface area contributed by atoms with Crippen LogP contribution in [0.1, 0.15) is 64.5 Å². The van der Waals surface area contributed by atoms with Crippen LogP contribution in [0.5, 0.6) is 0 Å². The molecule has 0 amide bonds. The zero-order valence-corrected chi connectivity index (χ0v) is 15.3. The van der Waals surface area contributed by atoms with E-state index in [0.29, 0.717) is 12.0 Å². The van der Waals surface area contributed by atoms with Crippen molar-refractivity contribution in [2.45, 2.75) is 66.5 Å². The molecule has 3 unspecified atom stereocenters. The Labute approximate surface area is 134 Å². The van der Waals surface area contributed by atoms with Crippen LogP contribution in [-0.2, 0) is 6.54 Å². The number of nitrogens with zero attached hydrogens (tertiary/aromatic N) is 2. The van der Waals surface area contributed by atoms with Crippen LogP contribution in [0.2, 0.25) is 0 Å². The normalized spacial score (nSPS) is 26.6. The summed E-state index contributed by atoms with van der Waals surface area (Å²) in [4.78, 5) is 8.97. The summed E-state index contributed by atoms with van der Waals surface area (Å²) in [7, 11) is 0. The molecule has 4 heteroatoms. The quantitative estimate of drug-likeness (QED) is 0.881. The van der Waals surface area contributed by atoms with Gasteiger partial charge in [0.05, 0.1) is 5.69 Å². The number of rotatable bonds is 5. The first-order valence-electron chi connectivity index (χ1n) is 8.40. The second-order valence-corrected chi connectivity index (χ2v) is 8.01. The number of hydrogen-bond donors (Lipinski definition) is 1. The van der Waals surface area contributed by atoms with Crippen molar-refractivity contribution in [1.82, 2.24) is 10.3 Å². The fourth-order valence-corrected chi connectivity index (χ4v) is 4.54. The van der Waals surface area contributed by atoms with Crippen molar-refractivity contribution in [3.8, 4) is 0 Å². The molecule has 2 heterocycles. The van der Waals surface area contributed by atoms with Gasteiger partial charge in [0, 0.05) is 24.0 Å². The average Bonchev–Trinajstić information content (AvgIpc) is 2.84. The van der Waals surface area contributed by atoms with Crippen molar-refractivity contribution >= 4 is 16.5 Å². The predicted octanol–water partition coefficient (Wildman–Crippen LogP) is 4.25. The van der Waals surface area contributed by atoms with Gasteiger partial charge in [-0.1, -0.05) is 34.6 Å². The molecule has 3 nitrogen and oxygen atoms in total. The Morgan fingerprint density at radius 2 is 2.05 bits per heavy atom. The van der Waals surface area contributed by atoms with Gasteiger partial charge in [-0.3, -0.25) is 0 Å². The molecule has 0 bridgehead atoms. The summed E-state index contributed by atoms with van der Waals surface area (Å²) in [6, 6.07) is 0.597. The van der Waals surface area contributed by atoms with Gasteiger partial charge in [-0.15, -0.1) is 11.3 Å². The third-order valence-corrected chi connectivity index (χ3v) is 5.75. The molecule has 0 saturated carbocycles. The van der Waals surface area contributed by atoms with Gasteiger partial charge in [0.15, 0.2) is 5.13 Å². The Morgan fingerprint density at radius 1 is 1.33 bits per heavy atom. The van der Waals surface area contributed by atoms with Crippen LogP contribution in [0.4, 0.5) is 5.13 Å². The van der Waals surface area contributed by atoms with Crippen LogP contribution in [0, 0.1) is 11.8 Å². The molecule has 1 aromatic heterocycles. The van der Waals surface area contributed by atoms with E-state index in [1.807, 2.05) is 11.3 Å². The van der Waals surface area contributed by atoms with Gasteiger partial charge >= 0.3 is 0 Å². The van der Waals surface area contributed by atoms with Crippen LogP contribution in [0.15, 0.2) is 0 Å². The molecule has 21 heavy (non-hydrogen) atoms. The molecule has 1 saturated heterocycles. The highest BCUT2D eigenvalue weighted by Gasteiger charge is 2.31. The Balaban J connectivity index is 2.26. The maximum Gasteiger partial charge on any atom is 0.186 e. The van der Waals surface area contributed by atoms with Gasteiger partial charge in [-0.05, 0) is 37.6 Å². The first-order chi connectivity index (χ1) is 9.93. The highest BCUT2D eigenvalue weighted by atomic mass is 32.1. The van der Waals surface area contributed by atoms with E-state index in [2.05, 4.69) is 51.8 Å². The van der Waals surface area contributed by atoms with Crippen LogP contribution in [0.3, 0.4) is 0 Å². The van der Waals surface area contributed by atoms with E-state index in [-0.39, 0.29) is 0 Å². The van der Waals surface area contributed by atoms with Gasteiger partial charge in [-0.2, -0.15) is 0 Å². The summed E-state index contributed by atoms with van der Waals surface area (Å²) in [6.07, 6.45) is 1.34. The minimum atomic E-state index is 0.499. The van der Waals surface area contributed by atoms with E-state index < -0.39 is 0 Å². The standard InChI is InChI=1S/C17H31N3S/c1-7-18-9-15-16(11(2)3)19-17(21-15)20-10-12(4)8-13(5)14(20)6/h11-14,18H,7-10H2,1-6H3. The molecule has 1 aliphatic rings. The molecular formula is C17H31N3S. The molecule has 2 rings (SSSR count). The average molecular weight is 310 g/mol. The molecule has 0 aliphatic carbocycles. The zero-order valence-electron chi connectivity index (χ0n) is 14.4. The molecule has 1 N–H and O–H groups in total. The van der Waals surface area contributed by atoms with Gasteiger partial charge in [-0.25, -0.2) is 4.98 Å². The Hall–Kier alpha value is -0.610. The third kappa shape index (κ3) is 3.78. The molecular weight excluding hydrogens is 278 g/mol. The van der Waals surface area contributed by atoms with Crippen LogP contribution >= 0.6 is 11.3 Å². The largest absolute Gasteiger partial charge is 0.345 e. The van der Waals surface area contributed by atoms with Crippen molar-refractivity contribution in [1.29, 1.82) is 0 Å². The monoisotopic (exact) mass is 309 g/mol. The molecule has 0 aromatic carbocycles. The van der Waals surface area contributed by atoms with E-state index in [1.54, 1.807) is 0 Å². The third-order valence-electron chi connectivity index (χ3n) is 4.64. The van der Waals surface area contributed by atoms with E-state index >= 15 is 0 Å². The summed E-state index contributed by atoms with van der Waals surface area (Å²) >= 11 is 1.89. The second-order valence-electron chi connectivity index (χ2n) is 6.95. The van der Waals surface area contributed by atoms with Gasteiger partial charge in [0.2, 0.25) is 0 Å². The topological polar surface area (TPSA) is 28.2 Å². The first-order valence-corrected chi connectivity index (χ1v) is 9.22. The lowest BCUT2D eigenvalue weighted by Gasteiger charge is -2.41. The Morgan fingerprint density at radius 3 is 2.67 bits per heavy atom. The fraction of sp³-hybridized carbons (Fsp3) is 0.824. The minimum absolute atomic E-state index is 0.499. The van der Waals surface area contributed by atoms with E-state index in [0.717, 1.165) is 31.5 Å². The zero-order chi connectivity index (χ0) is 15.6. The summed E-state index contributed by atoms with van der Waals surface area (Å²) in [5.41, 5.74) is 1.29. The van der Waals surface area contributed by atoms with Gasteiger partial charge < -0.3 is 10.2 Å². The van der Waals surface area contributed by atoms with E-state index in [1.165, 1.54) is 22.1 Å². The SMILES string of the molecule is CCNCc1sc(N2CC(C)CC(C)C2C)nc1C(C)C. The summed E-state index contributed by atoms with van der Waals surface area (Å²) < 4.78 is 0. The first kappa shape index (κ1) is 16.8. The number of nitrogens with one attached hydrogen (secondary N) is 1. The number of aromatic nitrogens is 1. The Bertz CT molecular complexity index is 455. The minimum Gasteiger partial charge on any atom is -0.345 e. The van der Waals surface area contributed by atoms with E-state index in [9.17, 15) is 0 Å². The summed E-state index contributed by atoms with van der Waals surface area (Å²) in [6.45, 7) is 16.9. The lowest BCUT2D eigenvalue weighted by atomic mass is 9.86. The van der Waals surface area contributed by atoms with Crippen LogP contribution in [0.25, 0.3) is 0 Å². The van der Waals surface area contributed by atoms with E-state index in [4.69, 9.17) is 4.98 Å². The van der Waals surface area contributed by atoms with Gasteiger partial charge in [0.1, 0.15) is 0 Å². The number of hydrogen-bond acceptors (Lipinski definition) is 4. The molecule has 0 radical (unpaired) electrons. The van der Waals surface area contributed by atoms with Gasteiger partial charge in [0.25, 0.3) is 0 Å². The fourth-order valence-electron chi connectivity index (χ4n) is 3.26. The molecule has 1 fully saturated rings. The molecule has 120 valence electrons. The Kier molecular flexibility index (Phi) is 5.67. The maximum absolute atomic E-state index is 5.01. The number of thiazole rings is 1. The predicted molar refractivity (Wildman–Crippen MR) is 93.3 cm³/mol. The number of anilines is 1. The van der Waals surface area contributed by atoms with Crippen molar-refractivity contribution in [3.63, 3.8) is 0 Å².